The number of benzene rings is 2. The minimum absolute atomic E-state index is 0.0522. The Morgan fingerprint density at radius 1 is 1.05 bits per heavy atom. The first-order valence-corrected chi connectivity index (χ1v) is 16.3. The van der Waals surface area contributed by atoms with Crippen LogP contribution in [-0.4, -0.2) is 92.8 Å². The molecule has 0 aliphatic carbocycles. The summed E-state index contributed by atoms with van der Waals surface area (Å²) >= 11 is 12.6. The molecule has 0 radical (unpaired) electrons. The molecule has 1 atom stereocenters. The van der Waals surface area contributed by atoms with E-state index in [1.54, 1.807) is 18.2 Å². The van der Waals surface area contributed by atoms with Crippen LogP contribution < -0.4 is 5.32 Å². The van der Waals surface area contributed by atoms with Crippen molar-refractivity contribution in [2.45, 2.75) is 32.7 Å². The third-order valence-corrected chi connectivity index (χ3v) is 8.83. The average molecular weight is 610 g/mol. The van der Waals surface area contributed by atoms with Crippen LogP contribution in [0.3, 0.4) is 0 Å². The van der Waals surface area contributed by atoms with Gasteiger partial charge in [-0.25, -0.2) is 8.42 Å². The van der Waals surface area contributed by atoms with Gasteiger partial charge in [-0.15, -0.1) is 0 Å². The molecule has 1 saturated heterocycles. The van der Waals surface area contributed by atoms with Gasteiger partial charge in [-0.1, -0.05) is 62.2 Å². The van der Waals surface area contributed by atoms with Crippen molar-refractivity contribution in [2.24, 2.45) is 5.41 Å². The van der Waals surface area contributed by atoms with Crippen LogP contribution in [0.4, 0.5) is 5.69 Å². The number of fused-ring (bicyclic) bond motifs is 1. The van der Waals surface area contributed by atoms with Crippen molar-refractivity contribution in [1.82, 2.24) is 14.7 Å². The molecule has 0 aromatic heterocycles. The number of sulfone groups is 1. The number of halogens is 2. The van der Waals surface area contributed by atoms with Crippen LogP contribution >= 0.6 is 23.2 Å². The number of amides is 2. The number of nitrogens with zero attached hydrogens (tertiary/aromatic N) is 3. The highest BCUT2D eigenvalue weighted by Gasteiger charge is 2.52. The monoisotopic (exact) mass is 608 g/mol. The average Bonchev–Trinajstić information content (AvgIpc) is 3.12. The van der Waals surface area contributed by atoms with Gasteiger partial charge in [0.25, 0.3) is 0 Å². The fourth-order valence-electron chi connectivity index (χ4n) is 5.55. The van der Waals surface area contributed by atoms with Crippen molar-refractivity contribution in [3.63, 3.8) is 0 Å². The van der Waals surface area contributed by atoms with E-state index in [9.17, 15) is 18.0 Å². The second-order valence-corrected chi connectivity index (χ2v) is 15.2. The van der Waals surface area contributed by atoms with Crippen LogP contribution in [0.1, 0.15) is 31.9 Å². The maximum absolute atomic E-state index is 14.0. The molecule has 8 nitrogen and oxygen atoms in total. The first-order chi connectivity index (χ1) is 18.7. The van der Waals surface area contributed by atoms with Gasteiger partial charge in [-0.2, -0.15) is 0 Å². The molecular weight excluding hydrogens is 571 g/mol. The van der Waals surface area contributed by atoms with Gasteiger partial charge in [0.2, 0.25) is 11.8 Å². The molecule has 4 rings (SSSR count). The Morgan fingerprint density at radius 2 is 1.73 bits per heavy atom. The normalized spacial score (nSPS) is 20.1. The highest BCUT2D eigenvalue weighted by molar-refractivity contribution is 7.90. The van der Waals surface area contributed by atoms with E-state index in [0.717, 1.165) is 11.1 Å². The first-order valence-electron chi connectivity index (χ1n) is 13.5. The van der Waals surface area contributed by atoms with E-state index >= 15 is 0 Å². The summed E-state index contributed by atoms with van der Waals surface area (Å²) in [5, 5.41) is 4.13. The van der Waals surface area contributed by atoms with Gasteiger partial charge >= 0.3 is 0 Å². The van der Waals surface area contributed by atoms with Gasteiger partial charge < -0.3 is 10.2 Å². The van der Waals surface area contributed by atoms with Crippen molar-refractivity contribution >= 4 is 50.5 Å². The molecule has 2 aliphatic rings. The van der Waals surface area contributed by atoms with E-state index in [2.05, 4.69) is 31.0 Å². The minimum atomic E-state index is -3.05. The van der Waals surface area contributed by atoms with Crippen molar-refractivity contribution < 1.29 is 18.0 Å². The molecule has 0 saturated carbocycles. The molecule has 1 N–H and O–H groups in total. The summed E-state index contributed by atoms with van der Waals surface area (Å²) in [5.74, 6) is -0.162. The lowest BCUT2D eigenvalue weighted by Crippen LogP contribution is -2.59. The van der Waals surface area contributed by atoms with Crippen molar-refractivity contribution in [3.05, 3.63) is 63.6 Å². The summed E-state index contributed by atoms with van der Waals surface area (Å²) in [5.41, 5.74) is 0.943. The fraction of sp³-hybridized carbons (Fsp3) is 0.517. The van der Waals surface area contributed by atoms with Gasteiger partial charge in [-0.3, -0.25) is 19.4 Å². The van der Waals surface area contributed by atoms with Crippen molar-refractivity contribution in [2.75, 3.05) is 63.1 Å². The third-order valence-electron chi connectivity index (χ3n) is 7.43. The third kappa shape index (κ3) is 7.36. The van der Waals surface area contributed by atoms with Gasteiger partial charge in [0.15, 0.2) is 0 Å². The molecule has 1 fully saturated rings. The van der Waals surface area contributed by atoms with E-state index < -0.39 is 15.4 Å². The Labute approximate surface area is 247 Å². The smallest absolute Gasteiger partial charge is 0.249 e. The van der Waals surface area contributed by atoms with Gasteiger partial charge in [-0.05, 0) is 35.2 Å². The number of anilines is 1. The highest BCUT2D eigenvalue weighted by Crippen LogP contribution is 2.45. The van der Waals surface area contributed by atoms with Gasteiger partial charge in [0.05, 0.1) is 12.3 Å². The Kier molecular flexibility index (Phi) is 9.22. The van der Waals surface area contributed by atoms with Crippen molar-refractivity contribution in [1.29, 1.82) is 0 Å². The molecule has 2 aromatic carbocycles. The molecular formula is C29H38Cl2N4O4S. The van der Waals surface area contributed by atoms with Gasteiger partial charge in [0.1, 0.15) is 15.4 Å². The van der Waals surface area contributed by atoms with Gasteiger partial charge in [0, 0.05) is 73.2 Å². The number of rotatable bonds is 9. The Bertz CT molecular complexity index is 1370. The molecule has 0 unspecified atom stereocenters. The molecule has 2 aromatic rings. The molecule has 218 valence electrons. The Balaban J connectivity index is 1.65. The summed E-state index contributed by atoms with van der Waals surface area (Å²) in [4.78, 5) is 33.7. The van der Waals surface area contributed by atoms with Crippen LogP contribution in [0.2, 0.25) is 10.0 Å². The highest BCUT2D eigenvalue weighted by atomic mass is 35.5. The molecule has 0 bridgehead atoms. The fourth-order valence-corrected chi connectivity index (χ4v) is 6.52. The Hall–Kier alpha value is -2.17. The maximum atomic E-state index is 14.0. The number of piperazine rings is 1. The number of carbonyl (C=O) groups is 2. The number of carbonyl (C=O) groups excluding carboxylic acids is 2. The first kappa shape index (κ1) is 30.8. The second kappa shape index (κ2) is 12.0. The standard InChI is InChI=1S/C29H38Cl2N4O4S/c1-28(2,3)20-35(19-26(36)34-12-10-33(11-13-34)14-15-40(4,38)39)29(18-21-6-5-7-22(30)16-21)24-9-8-23(31)17-25(24)32-27(29)37/h5-9,16-17H,10-15,18-20H2,1-4H3,(H,32,37)/t29-/m0/s1. The zero-order valence-electron chi connectivity index (χ0n) is 23.5. The van der Waals surface area contributed by atoms with E-state index in [-0.39, 0.29) is 29.5 Å². The predicted molar refractivity (Wildman–Crippen MR) is 161 cm³/mol. The lowest BCUT2D eigenvalue weighted by Gasteiger charge is -2.44. The van der Waals surface area contributed by atoms with E-state index in [1.165, 1.54) is 6.26 Å². The van der Waals surface area contributed by atoms with E-state index in [4.69, 9.17) is 23.2 Å². The van der Waals surface area contributed by atoms with Crippen molar-refractivity contribution in [3.8, 4) is 0 Å². The number of hydrogen-bond acceptors (Lipinski definition) is 6. The SMILES string of the molecule is CC(C)(C)CN(CC(=O)N1CCN(CCS(C)(=O)=O)CC1)[C@]1(Cc2cccc(Cl)c2)C(=O)Nc2cc(Cl)ccc21. The lowest BCUT2D eigenvalue weighted by atomic mass is 9.81. The van der Waals surface area contributed by atoms with E-state index in [1.807, 2.05) is 34.1 Å². The maximum Gasteiger partial charge on any atom is 0.249 e. The quantitative estimate of drug-likeness (QED) is 0.464. The molecule has 11 heteroatoms. The molecule has 0 spiro atoms. The van der Waals surface area contributed by atoms with Crippen LogP contribution in [0.25, 0.3) is 0 Å². The lowest BCUT2D eigenvalue weighted by molar-refractivity contribution is -0.140. The summed E-state index contributed by atoms with van der Waals surface area (Å²) in [6, 6.07) is 12.9. The molecule has 40 heavy (non-hydrogen) atoms. The number of nitrogens with one attached hydrogen (secondary N) is 1. The summed E-state index contributed by atoms with van der Waals surface area (Å²) < 4.78 is 23.2. The topological polar surface area (TPSA) is 90.0 Å². The summed E-state index contributed by atoms with van der Waals surface area (Å²) in [6.07, 6.45) is 1.57. The zero-order valence-corrected chi connectivity index (χ0v) is 25.9. The molecule has 2 aliphatic heterocycles. The number of hydrogen-bond donors (Lipinski definition) is 1. The minimum Gasteiger partial charge on any atom is -0.339 e. The Morgan fingerprint density at radius 3 is 2.35 bits per heavy atom. The van der Waals surface area contributed by atoms with Crippen LogP contribution in [-0.2, 0) is 31.4 Å². The summed E-state index contributed by atoms with van der Waals surface area (Å²) in [6.45, 7) is 9.50. The van der Waals surface area contributed by atoms with E-state index in [0.29, 0.717) is 61.4 Å². The molecule has 2 amide bonds. The summed E-state index contributed by atoms with van der Waals surface area (Å²) in [7, 11) is -3.05. The van der Waals surface area contributed by atoms with Crippen LogP contribution in [0.15, 0.2) is 42.5 Å². The zero-order chi connectivity index (χ0) is 29.3. The second-order valence-electron chi connectivity index (χ2n) is 12.1. The molecule has 2 heterocycles. The van der Waals surface area contributed by atoms with Crippen LogP contribution in [0, 0.1) is 5.41 Å². The van der Waals surface area contributed by atoms with Crippen LogP contribution in [0.5, 0.6) is 0 Å². The largest absolute Gasteiger partial charge is 0.339 e. The predicted octanol–water partition coefficient (Wildman–Crippen LogP) is 3.92.